The molecule has 0 aliphatic rings. The molecule has 0 fully saturated rings. The van der Waals surface area contributed by atoms with E-state index < -0.39 is 5.97 Å². The Labute approximate surface area is 156 Å². The van der Waals surface area contributed by atoms with E-state index in [0.717, 1.165) is 17.7 Å². The van der Waals surface area contributed by atoms with Crippen LogP contribution < -0.4 is 10.1 Å². The van der Waals surface area contributed by atoms with Gasteiger partial charge in [0, 0.05) is 11.6 Å². The minimum atomic E-state index is -0.553. The number of hydrogen-bond acceptors (Lipinski definition) is 4. The fourth-order valence-electron chi connectivity index (χ4n) is 2.97. The highest BCUT2D eigenvalue weighted by atomic mass is 16.5. The van der Waals surface area contributed by atoms with Gasteiger partial charge in [0.2, 0.25) is 0 Å². The lowest BCUT2D eigenvalue weighted by atomic mass is 9.82. The number of hydrogen-bond donors (Lipinski definition) is 1. The number of rotatable bonds is 8. The van der Waals surface area contributed by atoms with Crippen molar-refractivity contribution < 1.29 is 19.1 Å². The van der Waals surface area contributed by atoms with Crippen LogP contribution in [-0.4, -0.2) is 30.6 Å². The Balaban J connectivity index is 2.44. The van der Waals surface area contributed by atoms with E-state index in [2.05, 4.69) is 26.1 Å². The van der Waals surface area contributed by atoms with Gasteiger partial charge in [0.05, 0.1) is 6.61 Å². The van der Waals surface area contributed by atoms with Crippen LogP contribution in [0, 0.1) is 5.41 Å². The molecule has 1 amide bonds. The Morgan fingerprint density at radius 1 is 1.08 bits per heavy atom. The Hall–Kier alpha value is -2.30. The second kappa shape index (κ2) is 9.41. The van der Waals surface area contributed by atoms with Gasteiger partial charge in [-0.15, -0.1) is 0 Å². The van der Waals surface area contributed by atoms with E-state index in [4.69, 9.17) is 9.47 Å². The Kier molecular flexibility index (Phi) is 7.87. The molecule has 0 aliphatic heterocycles. The topological polar surface area (TPSA) is 64.6 Å². The molecule has 1 aromatic rings. The van der Waals surface area contributed by atoms with Gasteiger partial charge in [-0.25, -0.2) is 4.79 Å². The van der Waals surface area contributed by atoms with Crippen LogP contribution in [-0.2, 0) is 14.3 Å². The molecule has 0 bridgehead atoms. The zero-order chi connectivity index (χ0) is 19.8. The molecule has 5 heteroatoms. The summed E-state index contributed by atoms with van der Waals surface area (Å²) in [5.41, 5.74) is 0.578. The Morgan fingerprint density at radius 3 is 2.23 bits per heavy atom. The zero-order valence-corrected chi connectivity index (χ0v) is 16.7. The molecule has 1 aromatic carbocycles. The molecule has 0 unspecified atom stereocenters. The predicted molar refractivity (Wildman–Crippen MR) is 104 cm³/mol. The molecule has 5 nitrogen and oxygen atoms in total. The number of ether oxygens (including phenoxy) is 2. The van der Waals surface area contributed by atoms with Crippen LogP contribution in [0.1, 0.15) is 53.5 Å². The second-order valence-electron chi connectivity index (χ2n) is 8.11. The van der Waals surface area contributed by atoms with Gasteiger partial charge in [0.25, 0.3) is 5.91 Å². The molecule has 0 aliphatic carbocycles. The molecule has 1 N–H and O–H groups in total. The standard InChI is InChI=1S/C21H31NO4/c1-7-25-17-11-8-16(9-12-17)10-13-19(24)26-14-18(23)22-21(5,6)15-20(2,3)4/h8-13H,7,14-15H2,1-6H3,(H,22,23)/b13-10+. The molecule has 0 heterocycles. The summed E-state index contributed by atoms with van der Waals surface area (Å²) in [7, 11) is 0. The van der Waals surface area contributed by atoms with E-state index in [0.29, 0.717) is 6.61 Å². The van der Waals surface area contributed by atoms with Crippen molar-refractivity contribution in [3.05, 3.63) is 35.9 Å². The number of benzene rings is 1. The van der Waals surface area contributed by atoms with Crippen molar-refractivity contribution in [3.8, 4) is 5.75 Å². The van der Waals surface area contributed by atoms with Gasteiger partial charge in [-0.1, -0.05) is 32.9 Å². The van der Waals surface area contributed by atoms with E-state index in [9.17, 15) is 9.59 Å². The maximum absolute atomic E-state index is 12.0. The highest BCUT2D eigenvalue weighted by molar-refractivity contribution is 5.89. The van der Waals surface area contributed by atoms with Crippen molar-refractivity contribution in [2.45, 2.75) is 53.5 Å². The molecule has 26 heavy (non-hydrogen) atoms. The third kappa shape index (κ3) is 9.25. The van der Waals surface area contributed by atoms with Gasteiger partial charge in [0.15, 0.2) is 6.61 Å². The van der Waals surface area contributed by atoms with Crippen molar-refractivity contribution in [3.63, 3.8) is 0 Å². The smallest absolute Gasteiger partial charge is 0.331 e. The SMILES string of the molecule is CCOc1ccc(/C=C/C(=O)OCC(=O)NC(C)(C)CC(C)(C)C)cc1. The average molecular weight is 361 g/mol. The molecule has 1 rings (SSSR count). The highest BCUT2D eigenvalue weighted by Crippen LogP contribution is 2.26. The number of nitrogens with one attached hydrogen (secondary N) is 1. The van der Waals surface area contributed by atoms with Gasteiger partial charge in [-0.3, -0.25) is 4.79 Å². The molecule has 0 saturated carbocycles. The predicted octanol–water partition coefficient (Wildman–Crippen LogP) is 3.97. The Morgan fingerprint density at radius 2 is 1.69 bits per heavy atom. The van der Waals surface area contributed by atoms with Crippen molar-refractivity contribution >= 4 is 18.0 Å². The molecule has 144 valence electrons. The number of esters is 1. The summed E-state index contributed by atoms with van der Waals surface area (Å²) in [6.07, 6.45) is 3.76. The van der Waals surface area contributed by atoms with Crippen LogP contribution in [0.3, 0.4) is 0 Å². The Bertz CT molecular complexity index is 624. The van der Waals surface area contributed by atoms with Crippen LogP contribution in [0.15, 0.2) is 30.3 Å². The van der Waals surface area contributed by atoms with Gasteiger partial charge >= 0.3 is 5.97 Å². The maximum Gasteiger partial charge on any atom is 0.331 e. The minimum Gasteiger partial charge on any atom is -0.494 e. The van der Waals surface area contributed by atoms with E-state index in [1.54, 1.807) is 6.08 Å². The van der Waals surface area contributed by atoms with E-state index in [1.165, 1.54) is 6.08 Å². The molecule has 0 aromatic heterocycles. The quantitative estimate of drug-likeness (QED) is 0.562. The summed E-state index contributed by atoms with van der Waals surface area (Å²) in [5, 5.41) is 2.91. The summed E-state index contributed by atoms with van der Waals surface area (Å²) in [5.74, 6) is -0.0773. The molecule has 0 saturated heterocycles. The third-order valence-electron chi connectivity index (χ3n) is 3.40. The zero-order valence-electron chi connectivity index (χ0n) is 16.7. The average Bonchev–Trinajstić information content (AvgIpc) is 2.49. The van der Waals surface area contributed by atoms with Crippen molar-refractivity contribution in [2.24, 2.45) is 5.41 Å². The lowest BCUT2D eigenvalue weighted by Gasteiger charge is -2.33. The summed E-state index contributed by atoms with van der Waals surface area (Å²) in [6.45, 7) is 12.5. The van der Waals surface area contributed by atoms with Gasteiger partial charge in [0.1, 0.15) is 5.75 Å². The van der Waals surface area contributed by atoms with E-state index in [-0.39, 0.29) is 23.5 Å². The summed E-state index contributed by atoms with van der Waals surface area (Å²) >= 11 is 0. The van der Waals surface area contributed by atoms with Crippen molar-refractivity contribution in [1.82, 2.24) is 5.32 Å². The number of carbonyl (C=O) groups excluding carboxylic acids is 2. The fourth-order valence-corrected chi connectivity index (χ4v) is 2.97. The molecule has 0 radical (unpaired) electrons. The first-order valence-corrected chi connectivity index (χ1v) is 8.89. The first-order chi connectivity index (χ1) is 12.0. The first-order valence-electron chi connectivity index (χ1n) is 8.89. The maximum atomic E-state index is 12.0. The minimum absolute atomic E-state index is 0.0912. The van der Waals surface area contributed by atoms with Gasteiger partial charge in [-0.05, 0) is 56.4 Å². The first kappa shape index (κ1) is 21.7. The summed E-state index contributed by atoms with van der Waals surface area (Å²) in [6, 6.07) is 7.35. The van der Waals surface area contributed by atoms with E-state index in [1.807, 2.05) is 45.0 Å². The second-order valence-corrected chi connectivity index (χ2v) is 8.11. The van der Waals surface area contributed by atoms with E-state index >= 15 is 0 Å². The summed E-state index contributed by atoms with van der Waals surface area (Å²) < 4.78 is 10.4. The normalized spacial score (nSPS) is 12.1. The molecule has 0 spiro atoms. The van der Waals surface area contributed by atoms with Crippen LogP contribution in [0.2, 0.25) is 0 Å². The lowest BCUT2D eigenvalue weighted by molar-refractivity contribution is -0.144. The molecular weight excluding hydrogens is 330 g/mol. The third-order valence-corrected chi connectivity index (χ3v) is 3.40. The molecule has 0 atom stereocenters. The number of carbonyl (C=O) groups is 2. The van der Waals surface area contributed by atoms with Crippen LogP contribution in [0.4, 0.5) is 0 Å². The highest BCUT2D eigenvalue weighted by Gasteiger charge is 2.27. The van der Waals surface area contributed by atoms with Crippen LogP contribution in [0.25, 0.3) is 6.08 Å². The largest absolute Gasteiger partial charge is 0.494 e. The monoisotopic (exact) mass is 361 g/mol. The van der Waals surface area contributed by atoms with Crippen molar-refractivity contribution in [2.75, 3.05) is 13.2 Å². The summed E-state index contributed by atoms with van der Waals surface area (Å²) in [4.78, 5) is 23.8. The fraction of sp³-hybridized carbons (Fsp3) is 0.524. The van der Waals surface area contributed by atoms with Gasteiger partial charge < -0.3 is 14.8 Å². The van der Waals surface area contributed by atoms with Gasteiger partial charge in [-0.2, -0.15) is 0 Å². The van der Waals surface area contributed by atoms with Crippen LogP contribution in [0.5, 0.6) is 5.75 Å². The van der Waals surface area contributed by atoms with Crippen LogP contribution >= 0.6 is 0 Å². The lowest BCUT2D eigenvalue weighted by Crippen LogP contribution is -2.47. The number of amides is 1. The van der Waals surface area contributed by atoms with Crippen molar-refractivity contribution in [1.29, 1.82) is 0 Å². The molecular formula is C21H31NO4.